The summed E-state index contributed by atoms with van der Waals surface area (Å²) in [5.41, 5.74) is 4.13. The Balaban J connectivity index is 2.03. The molecule has 0 aliphatic carbocycles. The van der Waals surface area contributed by atoms with E-state index in [0.717, 1.165) is 41.5 Å². The van der Waals surface area contributed by atoms with Crippen molar-refractivity contribution in [1.82, 2.24) is 10.3 Å². The molecule has 100 valence electrons. The molecule has 2 N–H and O–H groups in total. The van der Waals surface area contributed by atoms with Crippen molar-refractivity contribution in [1.29, 1.82) is 0 Å². The van der Waals surface area contributed by atoms with Crippen molar-refractivity contribution in [3.63, 3.8) is 0 Å². The molecule has 0 saturated carbocycles. The SMILES string of the molecule is Cc1ccc2c(C(=O)C3CCCCN3)c(C)[nH]c2c1. The van der Waals surface area contributed by atoms with Gasteiger partial charge in [-0.25, -0.2) is 0 Å². The first-order chi connectivity index (χ1) is 9.16. The molecule has 1 aliphatic heterocycles. The molecule has 2 aromatic rings. The van der Waals surface area contributed by atoms with Gasteiger partial charge in [0.05, 0.1) is 6.04 Å². The Labute approximate surface area is 113 Å². The van der Waals surface area contributed by atoms with E-state index in [0.29, 0.717) is 0 Å². The summed E-state index contributed by atoms with van der Waals surface area (Å²) in [5.74, 6) is 0.243. The fourth-order valence-electron chi connectivity index (χ4n) is 3.01. The summed E-state index contributed by atoms with van der Waals surface area (Å²) in [7, 11) is 0. The molecule has 2 heterocycles. The summed E-state index contributed by atoms with van der Waals surface area (Å²) in [4.78, 5) is 16.0. The van der Waals surface area contributed by atoms with Crippen LogP contribution in [0.15, 0.2) is 18.2 Å². The molecular formula is C16H20N2O. The Hall–Kier alpha value is -1.61. The van der Waals surface area contributed by atoms with Gasteiger partial charge in [-0.1, -0.05) is 18.6 Å². The largest absolute Gasteiger partial charge is 0.358 e. The second-order valence-electron chi connectivity index (χ2n) is 5.54. The van der Waals surface area contributed by atoms with Crippen molar-refractivity contribution in [3.8, 4) is 0 Å². The van der Waals surface area contributed by atoms with Gasteiger partial charge in [0, 0.05) is 22.2 Å². The van der Waals surface area contributed by atoms with Crippen molar-refractivity contribution in [3.05, 3.63) is 35.0 Å². The molecule has 3 rings (SSSR count). The average molecular weight is 256 g/mol. The highest BCUT2D eigenvalue weighted by Gasteiger charge is 2.25. The van der Waals surface area contributed by atoms with Gasteiger partial charge in [0.2, 0.25) is 0 Å². The number of aromatic nitrogens is 1. The number of fused-ring (bicyclic) bond motifs is 1. The summed E-state index contributed by atoms with van der Waals surface area (Å²) < 4.78 is 0. The van der Waals surface area contributed by atoms with Crippen molar-refractivity contribution >= 4 is 16.7 Å². The highest BCUT2D eigenvalue weighted by Crippen LogP contribution is 2.25. The van der Waals surface area contributed by atoms with Crippen LogP contribution < -0.4 is 5.32 Å². The third kappa shape index (κ3) is 2.19. The van der Waals surface area contributed by atoms with Gasteiger partial charge >= 0.3 is 0 Å². The third-order valence-corrected chi connectivity index (χ3v) is 4.01. The number of hydrogen-bond acceptors (Lipinski definition) is 2. The zero-order chi connectivity index (χ0) is 13.4. The lowest BCUT2D eigenvalue weighted by molar-refractivity contribution is 0.0928. The number of aromatic amines is 1. The van der Waals surface area contributed by atoms with Crippen LogP contribution in [0, 0.1) is 13.8 Å². The summed E-state index contributed by atoms with van der Waals surface area (Å²) in [6, 6.07) is 6.23. The van der Waals surface area contributed by atoms with E-state index in [4.69, 9.17) is 0 Å². The van der Waals surface area contributed by atoms with Crippen molar-refractivity contribution in [2.75, 3.05) is 6.54 Å². The second-order valence-corrected chi connectivity index (χ2v) is 5.54. The van der Waals surface area contributed by atoms with Crippen molar-refractivity contribution < 1.29 is 4.79 Å². The van der Waals surface area contributed by atoms with Gasteiger partial charge in [-0.15, -0.1) is 0 Å². The topological polar surface area (TPSA) is 44.9 Å². The van der Waals surface area contributed by atoms with E-state index in [1.54, 1.807) is 0 Å². The maximum absolute atomic E-state index is 12.7. The number of Topliss-reactive ketones (excluding diaryl/α,β-unsaturated/α-hetero) is 1. The molecule has 1 aromatic carbocycles. The Morgan fingerprint density at radius 2 is 2.11 bits per heavy atom. The summed E-state index contributed by atoms with van der Waals surface area (Å²) in [6.45, 7) is 5.02. The van der Waals surface area contributed by atoms with E-state index in [2.05, 4.69) is 35.4 Å². The maximum atomic E-state index is 12.7. The van der Waals surface area contributed by atoms with E-state index < -0.39 is 0 Å². The lowest BCUT2D eigenvalue weighted by Crippen LogP contribution is -2.40. The zero-order valence-corrected chi connectivity index (χ0v) is 11.5. The Bertz CT molecular complexity index is 621. The monoisotopic (exact) mass is 256 g/mol. The molecular weight excluding hydrogens is 236 g/mol. The van der Waals surface area contributed by atoms with Gasteiger partial charge in [-0.05, 0) is 44.9 Å². The van der Waals surface area contributed by atoms with Crippen LogP contribution in [-0.2, 0) is 0 Å². The number of piperidine rings is 1. The molecule has 1 aromatic heterocycles. The standard InChI is InChI=1S/C16H20N2O/c1-10-6-7-12-14(9-10)18-11(2)15(12)16(19)13-5-3-4-8-17-13/h6-7,9,13,17-18H,3-5,8H2,1-2H3. The molecule has 0 radical (unpaired) electrons. The zero-order valence-electron chi connectivity index (χ0n) is 11.5. The number of H-pyrrole nitrogens is 1. The summed E-state index contributed by atoms with van der Waals surface area (Å²) in [6.07, 6.45) is 3.27. The molecule has 0 spiro atoms. The molecule has 1 saturated heterocycles. The van der Waals surface area contributed by atoms with Gasteiger partial charge in [-0.3, -0.25) is 4.79 Å². The van der Waals surface area contributed by atoms with Crippen LogP contribution in [0.25, 0.3) is 10.9 Å². The third-order valence-electron chi connectivity index (χ3n) is 4.01. The highest BCUT2D eigenvalue weighted by molar-refractivity contribution is 6.11. The number of carbonyl (C=O) groups is 1. The molecule has 1 unspecified atom stereocenters. The van der Waals surface area contributed by atoms with E-state index in [9.17, 15) is 4.79 Å². The van der Waals surface area contributed by atoms with Gasteiger partial charge in [0.1, 0.15) is 0 Å². The van der Waals surface area contributed by atoms with Crippen LogP contribution in [0.3, 0.4) is 0 Å². The van der Waals surface area contributed by atoms with E-state index >= 15 is 0 Å². The van der Waals surface area contributed by atoms with E-state index in [1.807, 2.05) is 6.92 Å². The lowest BCUT2D eigenvalue weighted by Gasteiger charge is -2.22. The predicted molar refractivity (Wildman–Crippen MR) is 77.7 cm³/mol. The number of ketones is 1. The quantitative estimate of drug-likeness (QED) is 0.811. The lowest BCUT2D eigenvalue weighted by atomic mass is 9.94. The van der Waals surface area contributed by atoms with Gasteiger partial charge in [-0.2, -0.15) is 0 Å². The van der Waals surface area contributed by atoms with E-state index in [1.165, 1.54) is 12.0 Å². The average Bonchev–Trinajstić information content (AvgIpc) is 2.74. The summed E-state index contributed by atoms with van der Waals surface area (Å²) in [5, 5.41) is 4.40. The fraction of sp³-hybridized carbons (Fsp3) is 0.438. The first kappa shape index (κ1) is 12.4. The first-order valence-electron chi connectivity index (χ1n) is 7.03. The van der Waals surface area contributed by atoms with E-state index in [-0.39, 0.29) is 11.8 Å². The minimum absolute atomic E-state index is 0.00671. The number of carbonyl (C=O) groups excluding carboxylic acids is 1. The van der Waals surface area contributed by atoms with Crippen molar-refractivity contribution in [2.45, 2.75) is 39.2 Å². The highest BCUT2D eigenvalue weighted by atomic mass is 16.1. The van der Waals surface area contributed by atoms with Gasteiger partial charge in [0.15, 0.2) is 5.78 Å². The smallest absolute Gasteiger partial charge is 0.182 e. The molecule has 3 nitrogen and oxygen atoms in total. The van der Waals surface area contributed by atoms with Crippen LogP contribution in [0.5, 0.6) is 0 Å². The van der Waals surface area contributed by atoms with Gasteiger partial charge < -0.3 is 10.3 Å². The molecule has 1 aliphatic rings. The Kier molecular flexibility index (Phi) is 3.15. The van der Waals surface area contributed by atoms with Crippen LogP contribution in [0.4, 0.5) is 0 Å². The van der Waals surface area contributed by atoms with Crippen LogP contribution >= 0.6 is 0 Å². The maximum Gasteiger partial charge on any atom is 0.182 e. The molecule has 1 fully saturated rings. The minimum Gasteiger partial charge on any atom is -0.358 e. The molecule has 0 bridgehead atoms. The Morgan fingerprint density at radius 3 is 2.84 bits per heavy atom. The molecule has 19 heavy (non-hydrogen) atoms. The molecule has 3 heteroatoms. The van der Waals surface area contributed by atoms with Crippen molar-refractivity contribution in [2.24, 2.45) is 0 Å². The molecule has 1 atom stereocenters. The number of hydrogen-bond donors (Lipinski definition) is 2. The minimum atomic E-state index is -0.00671. The molecule has 0 amide bonds. The number of benzene rings is 1. The fourth-order valence-corrected chi connectivity index (χ4v) is 3.01. The first-order valence-corrected chi connectivity index (χ1v) is 7.03. The second kappa shape index (κ2) is 4.82. The van der Waals surface area contributed by atoms with Crippen LogP contribution in [0.1, 0.15) is 40.9 Å². The number of rotatable bonds is 2. The van der Waals surface area contributed by atoms with Crippen LogP contribution in [-0.4, -0.2) is 23.4 Å². The van der Waals surface area contributed by atoms with Crippen LogP contribution in [0.2, 0.25) is 0 Å². The van der Waals surface area contributed by atoms with Gasteiger partial charge in [0.25, 0.3) is 0 Å². The predicted octanol–water partition coefficient (Wildman–Crippen LogP) is 3.11. The normalized spacial score (nSPS) is 19.8. The Morgan fingerprint density at radius 1 is 1.26 bits per heavy atom. The summed E-state index contributed by atoms with van der Waals surface area (Å²) >= 11 is 0. The number of aryl methyl sites for hydroxylation is 2. The number of nitrogens with one attached hydrogen (secondary N) is 2.